The fourth-order valence-electron chi connectivity index (χ4n) is 2.46. The molecule has 0 heterocycles. The van der Waals surface area contributed by atoms with Crippen molar-refractivity contribution in [3.8, 4) is 5.75 Å². The Kier molecular flexibility index (Phi) is 6.77. The van der Waals surface area contributed by atoms with E-state index in [4.69, 9.17) is 9.84 Å². The van der Waals surface area contributed by atoms with Crippen LogP contribution in [0.25, 0.3) is 0 Å². The smallest absolute Gasteiger partial charge is 0.317 e. The molecule has 134 valence electrons. The topological polar surface area (TPSA) is 61.8 Å². The highest BCUT2D eigenvalue weighted by Crippen LogP contribution is 2.22. The number of halogens is 1. The summed E-state index contributed by atoms with van der Waals surface area (Å²) in [7, 11) is 3.21. The Hall–Kier alpha value is -2.60. The molecule has 5 nitrogen and oxygen atoms in total. The summed E-state index contributed by atoms with van der Waals surface area (Å²) in [6.45, 7) is 0.146. The number of benzene rings is 2. The Morgan fingerprint density at radius 1 is 1.20 bits per heavy atom. The largest absolute Gasteiger partial charge is 0.497 e. The molecule has 2 rings (SSSR count). The molecule has 25 heavy (non-hydrogen) atoms. The van der Waals surface area contributed by atoms with Gasteiger partial charge in [0.05, 0.1) is 19.8 Å². The van der Waals surface area contributed by atoms with Gasteiger partial charge in [-0.2, -0.15) is 0 Å². The number of hydrogen-bond acceptors (Lipinski definition) is 3. The SMILES string of the molecule is COc1ccc(C(Cc2ccc(F)cc2)NC(=O)N(C)CCO)cc1. The average molecular weight is 346 g/mol. The van der Waals surface area contributed by atoms with Crippen molar-refractivity contribution < 1.29 is 19.0 Å². The predicted molar refractivity (Wildman–Crippen MR) is 94.1 cm³/mol. The van der Waals surface area contributed by atoms with Gasteiger partial charge >= 0.3 is 6.03 Å². The highest BCUT2D eigenvalue weighted by molar-refractivity contribution is 5.74. The summed E-state index contributed by atoms with van der Waals surface area (Å²) in [5.41, 5.74) is 1.82. The van der Waals surface area contributed by atoms with Gasteiger partial charge in [0.25, 0.3) is 0 Å². The molecule has 0 saturated carbocycles. The van der Waals surface area contributed by atoms with E-state index >= 15 is 0 Å². The Morgan fingerprint density at radius 2 is 1.84 bits per heavy atom. The van der Waals surface area contributed by atoms with Crippen LogP contribution in [0.15, 0.2) is 48.5 Å². The minimum atomic E-state index is -0.295. The molecule has 0 radical (unpaired) electrons. The monoisotopic (exact) mass is 346 g/mol. The minimum absolute atomic E-state index is 0.102. The van der Waals surface area contributed by atoms with Gasteiger partial charge in [0.1, 0.15) is 11.6 Å². The Labute approximate surface area is 147 Å². The molecule has 2 aromatic rings. The number of ether oxygens (including phenoxy) is 1. The molecule has 0 aliphatic carbocycles. The van der Waals surface area contributed by atoms with Gasteiger partial charge in [-0.05, 0) is 41.8 Å². The van der Waals surface area contributed by atoms with Crippen molar-refractivity contribution in [3.05, 3.63) is 65.5 Å². The van der Waals surface area contributed by atoms with Crippen molar-refractivity contribution in [2.45, 2.75) is 12.5 Å². The Balaban J connectivity index is 2.20. The van der Waals surface area contributed by atoms with Crippen LogP contribution in [0.1, 0.15) is 17.2 Å². The molecule has 2 aromatic carbocycles. The van der Waals surface area contributed by atoms with Gasteiger partial charge in [-0.25, -0.2) is 9.18 Å². The highest BCUT2D eigenvalue weighted by Gasteiger charge is 2.18. The van der Waals surface area contributed by atoms with Crippen LogP contribution < -0.4 is 10.1 Å². The molecular formula is C19H23FN2O3. The van der Waals surface area contributed by atoms with Crippen molar-refractivity contribution in [1.29, 1.82) is 0 Å². The number of carbonyl (C=O) groups excluding carboxylic acids is 1. The number of aliphatic hydroxyl groups is 1. The van der Waals surface area contributed by atoms with Crippen molar-refractivity contribution in [3.63, 3.8) is 0 Å². The summed E-state index contributed by atoms with van der Waals surface area (Å²) >= 11 is 0. The van der Waals surface area contributed by atoms with Crippen molar-refractivity contribution in [2.24, 2.45) is 0 Å². The standard InChI is InChI=1S/C19H23FN2O3/c1-22(11-12-23)19(24)21-18(13-14-3-7-16(20)8-4-14)15-5-9-17(25-2)10-6-15/h3-10,18,23H,11-13H2,1-2H3,(H,21,24). The minimum Gasteiger partial charge on any atom is -0.497 e. The molecule has 1 atom stereocenters. The second-order valence-electron chi connectivity index (χ2n) is 5.75. The number of hydrogen-bond donors (Lipinski definition) is 2. The highest BCUT2D eigenvalue weighted by atomic mass is 19.1. The molecule has 0 bridgehead atoms. The lowest BCUT2D eigenvalue weighted by Gasteiger charge is -2.24. The van der Waals surface area contributed by atoms with E-state index in [0.29, 0.717) is 6.42 Å². The third-order valence-corrected chi connectivity index (χ3v) is 3.95. The van der Waals surface area contributed by atoms with E-state index in [1.165, 1.54) is 17.0 Å². The quantitative estimate of drug-likeness (QED) is 0.810. The van der Waals surface area contributed by atoms with Crippen LogP contribution in [-0.2, 0) is 6.42 Å². The normalized spacial score (nSPS) is 11.7. The van der Waals surface area contributed by atoms with E-state index in [1.807, 2.05) is 24.3 Å². The predicted octanol–water partition coefficient (Wildman–Crippen LogP) is 2.75. The van der Waals surface area contributed by atoms with Gasteiger partial charge < -0.3 is 20.1 Å². The first-order valence-corrected chi connectivity index (χ1v) is 8.04. The molecule has 0 fully saturated rings. The van der Waals surface area contributed by atoms with E-state index < -0.39 is 0 Å². The molecule has 6 heteroatoms. The summed E-state index contributed by atoms with van der Waals surface area (Å²) in [4.78, 5) is 13.7. The fourth-order valence-corrected chi connectivity index (χ4v) is 2.46. The Bertz CT molecular complexity index is 674. The first-order chi connectivity index (χ1) is 12.0. The first kappa shape index (κ1) is 18.7. The van der Waals surface area contributed by atoms with Gasteiger partial charge in [0, 0.05) is 13.6 Å². The van der Waals surface area contributed by atoms with Gasteiger partial charge in [-0.3, -0.25) is 0 Å². The van der Waals surface area contributed by atoms with E-state index in [-0.39, 0.29) is 31.0 Å². The lowest BCUT2D eigenvalue weighted by atomic mass is 9.99. The molecule has 2 N–H and O–H groups in total. The number of methoxy groups -OCH3 is 1. The number of rotatable bonds is 7. The van der Waals surface area contributed by atoms with Crippen LogP contribution in [-0.4, -0.2) is 43.3 Å². The maximum absolute atomic E-state index is 13.1. The third kappa shape index (κ3) is 5.46. The third-order valence-electron chi connectivity index (χ3n) is 3.95. The molecule has 0 spiro atoms. The maximum atomic E-state index is 13.1. The van der Waals surface area contributed by atoms with Crippen LogP contribution in [0.5, 0.6) is 5.75 Å². The van der Waals surface area contributed by atoms with Crippen molar-refractivity contribution in [1.82, 2.24) is 10.2 Å². The molecule has 0 aliphatic heterocycles. The molecule has 0 aromatic heterocycles. The number of amides is 2. The summed E-state index contributed by atoms with van der Waals surface area (Å²) in [6, 6.07) is 13.1. The van der Waals surface area contributed by atoms with Gasteiger partial charge in [0.2, 0.25) is 0 Å². The fraction of sp³-hybridized carbons (Fsp3) is 0.316. The van der Waals surface area contributed by atoms with Crippen LogP contribution in [0.4, 0.5) is 9.18 Å². The van der Waals surface area contributed by atoms with Crippen molar-refractivity contribution >= 4 is 6.03 Å². The van der Waals surface area contributed by atoms with Crippen LogP contribution in [0.2, 0.25) is 0 Å². The van der Waals surface area contributed by atoms with Crippen LogP contribution in [0.3, 0.4) is 0 Å². The van der Waals surface area contributed by atoms with Crippen molar-refractivity contribution in [2.75, 3.05) is 27.3 Å². The molecule has 2 amide bonds. The van der Waals surface area contributed by atoms with E-state index in [2.05, 4.69) is 5.32 Å². The number of likely N-dealkylation sites (N-methyl/N-ethyl adjacent to an activating group) is 1. The van der Waals surface area contributed by atoms with E-state index in [1.54, 1.807) is 26.3 Å². The zero-order chi connectivity index (χ0) is 18.2. The van der Waals surface area contributed by atoms with E-state index in [9.17, 15) is 9.18 Å². The number of nitrogens with zero attached hydrogens (tertiary/aromatic N) is 1. The van der Waals surface area contributed by atoms with E-state index in [0.717, 1.165) is 16.9 Å². The molecule has 0 aliphatic rings. The number of aliphatic hydroxyl groups excluding tert-OH is 1. The van der Waals surface area contributed by atoms with Gasteiger partial charge in [-0.15, -0.1) is 0 Å². The molecule has 1 unspecified atom stereocenters. The van der Waals surface area contributed by atoms with Crippen LogP contribution in [0, 0.1) is 5.82 Å². The number of carbonyl (C=O) groups is 1. The number of urea groups is 1. The van der Waals surface area contributed by atoms with Gasteiger partial charge in [-0.1, -0.05) is 24.3 Å². The molecule has 0 saturated heterocycles. The lowest BCUT2D eigenvalue weighted by molar-refractivity contribution is 0.187. The van der Waals surface area contributed by atoms with Crippen LogP contribution >= 0.6 is 0 Å². The average Bonchev–Trinajstić information content (AvgIpc) is 2.63. The Morgan fingerprint density at radius 3 is 2.40 bits per heavy atom. The lowest BCUT2D eigenvalue weighted by Crippen LogP contribution is -2.41. The summed E-state index contributed by atoms with van der Waals surface area (Å²) in [6.07, 6.45) is 0.519. The summed E-state index contributed by atoms with van der Waals surface area (Å²) in [5.74, 6) is 0.435. The zero-order valence-corrected chi connectivity index (χ0v) is 14.4. The zero-order valence-electron chi connectivity index (χ0n) is 14.4. The second kappa shape index (κ2) is 9.03. The molecular weight excluding hydrogens is 323 g/mol. The maximum Gasteiger partial charge on any atom is 0.317 e. The van der Waals surface area contributed by atoms with Gasteiger partial charge in [0.15, 0.2) is 0 Å². The number of nitrogens with one attached hydrogen (secondary N) is 1. The first-order valence-electron chi connectivity index (χ1n) is 8.04. The summed E-state index contributed by atoms with van der Waals surface area (Å²) in [5, 5.41) is 11.9. The second-order valence-corrected chi connectivity index (χ2v) is 5.75. The summed E-state index contributed by atoms with van der Waals surface area (Å²) < 4.78 is 18.3.